The number of hydrogen-bond donors (Lipinski definition) is 1. The third kappa shape index (κ3) is 6.09. The molecule has 6 nitrogen and oxygen atoms in total. The van der Waals surface area contributed by atoms with Gasteiger partial charge in [-0.1, -0.05) is 63.5 Å². The average Bonchev–Trinajstić information content (AvgIpc) is 2.76. The number of hydrogen-bond acceptors (Lipinski definition) is 4. The largest absolute Gasteiger partial charge is 0.271 e. The lowest BCUT2D eigenvalue weighted by atomic mass is 10.1. The van der Waals surface area contributed by atoms with E-state index in [-0.39, 0.29) is 4.90 Å². The zero-order valence-corrected chi connectivity index (χ0v) is 21.4. The second-order valence-electron chi connectivity index (χ2n) is 7.86. The highest BCUT2D eigenvalue weighted by Crippen LogP contribution is 2.27. The van der Waals surface area contributed by atoms with Crippen LogP contribution in [0.15, 0.2) is 81.2 Å². The van der Waals surface area contributed by atoms with Crippen molar-refractivity contribution in [3.63, 3.8) is 0 Å². The maximum atomic E-state index is 13.5. The number of amides is 1. The van der Waals surface area contributed by atoms with Crippen molar-refractivity contribution >= 4 is 43.3 Å². The molecule has 0 aliphatic heterocycles. The number of nitrogens with zero attached hydrogens (tertiary/aromatic N) is 2. The van der Waals surface area contributed by atoms with E-state index in [4.69, 9.17) is 0 Å². The lowest BCUT2D eigenvalue weighted by molar-refractivity contribution is -0.119. The molecule has 3 rings (SSSR count). The summed E-state index contributed by atoms with van der Waals surface area (Å²) in [6, 6.07) is 19.5. The van der Waals surface area contributed by atoms with Crippen molar-refractivity contribution in [2.24, 2.45) is 5.10 Å². The van der Waals surface area contributed by atoms with Crippen LogP contribution in [0.2, 0.25) is 0 Å². The normalized spacial score (nSPS) is 11.8. The van der Waals surface area contributed by atoms with E-state index >= 15 is 0 Å². The SMILES string of the molecule is C/C(=N/NC(=O)CN(c1ccc(C)cc1C)S(=O)(=O)c1ccc(C)cc1)c1cccc(Br)c1. The second kappa shape index (κ2) is 10.3. The Morgan fingerprint density at radius 3 is 2.27 bits per heavy atom. The molecule has 0 fully saturated rings. The summed E-state index contributed by atoms with van der Waals surface area (Å²) in [5.74, 6) is -0.542. The van der Waals surface area contributed by atoms with Crippen LogP contribution >= 0.6 is 15.9 Å². The smallest absolute Gasteiger partial charge is 0.264 e. The van der Waals surface area contributed by atoms with Gasteiger partial charge in [0.2, 0.25) is 0 Å². The molecule has 0 bridgehead atoms. The van der Waals surface area contributed by atoms with Gasteiger partial charge >= 0.3 is 0 Å². The molecule has 0 aliphatic rings. The first-order valence-electron chi connectivity index (χ1n) is 10.3. The van der Waals surface area contributed by atoms with E-state index in [1.807, 2.05) is 57.2 Å². The van der Waals surface area contributed by atoms with Gasteiger partial charge in [-0.25, -0.2) is 13.8 Å². The number of carbonyl (C=O) groups excluding carboxylic acids is 1. The lowest BCUT2D eigenvalue weighted by Gasteiger charge is -2.25. The molecular formula is C25H26BrN3O3S. The zero-order chi connectivity index (χ0) is 24.2. The number of aryl methyl sites for hydroxylation is 3. The first-order valence-corrected chi connectivity index (χ1v) is 12.6. The minimum atomic E-state index is -3.98. The molecule has 0 unspecified atom stereocenters. The Hall–Kier alpha value is -2.97. The Bertz CT molecular complexity index is 1300. The fourth-order valence-corrected chi connectivity index (χ4v) is 5.20. The van der Waals surface area contributed by atoms with Gasteiger partial charge < -0.3 is 0 Å². The van der Waals surface area contributed by atoms with Crippen LogP contribution < -0.4 is 9.73 Å². The van der Waals surface area contributed by atoms with Crippen LogP contribution in [0.3, 0.4) is 0 Å². The van der Waals surface area contributed by atoms with Gasteiger partial charge in [0.25, 0.3) is 15.9 Å². The number of carbonyl (C=O) groups is 1. The maximum Gasteiger partial charge on any atom is 0.264 e. The van der Waals surface area contributed by atoms with Crippen LogP contribution in [0.5, 0.6) is 0 Å². The number of sulfonamides is 1. The molecule has 1 N–H and O–H groups in total. The van der Waals surface area contributed by atoms with Crippen LogP contribution in [-0.4, -0.2) is 26.6 Å². The van der Waals surface area contributed by atoms with Gasteiger partial charge in [0.05, 0.1) is 16.3 Å². The molecule has 0 spiro atoms. The molecular weight excluding hydrogens is 502 g/mol. The Morgan fingerprint density at radius 2 is 1.64 bits per heavy atom. The quantitative estimate of drug-likeness (QED) is 0.342. The predicted octanol–water partition coefficient (Wildman–Crippen LogP) is 5.11. The molecule has 0 heterocycles. The Balaban J connectivity index is 1.92. The summed E-state index contributed by atoms with van der Waals surface area (Å²) < 4.78 is 29.1. The van der Waals surface area contributed by atoms with E-state index in [9.17, 15) is 13.2 Å². The van der Waals surface area contributed by atoms with Gasteiger partial charge in [0, 0.05) is 4.47 Å². The Morgan fingerprint density at radius 1 is 0.970 bits per heavy atom. The summed E-state index contributed by atoms with van der Waals surface area (Å²) in [6.07, 6.45) is 0. The first-order chi connectivity index (χ1) is 15.6. The van der Waals surface area contributed by atoms with Gasteiger partial charge in [-0.05, 0) is 69.2 Å². The number of anilines is 1. The molecule has 3 aromatic rings. The third-order valence-electron chi connectivity index (χ3n) is 5.11. The van der Waals surface area contributed by atoms with Crippen molar-refractivity contribution < 1.29 is 13.2 Å². The van der Waals surface area contributed by atoms with Crippen LogP contribution in [0.4, 0.5) is 5.69 Å². The lowest BCUT2D eigenvalue weighted by Crippen LogP contribution is -2.40. The Kier molecular flexibility index (Phi) is 7.71. The maximum absolute atomic E-state index is 13.5. The fourth-order valence-electron chi connectivity index (χ4n) is 3.31. The summed E-state index contributed by atoms with van der Waals surface area (Å²) in [6.45, 7) is 7.01. The minimum absolute atomic E-state index is 0.120. The minimum Gasteiger partial charge on any atom is -0.271 e. The first kappa shape index (κ1) is 24.7. The van der Waals surface area contributed by atoms with Crippen molar-refractivity contribution in [3.8, 4) is 0 Å². The van der Waals surface area contributed by atoms with Gasteiger partial charge in [-0.15, -0.1) is 0 Å². The topological polar surface area (TPSA) is 78.8 Å². The average molecular weight is 528 g/mol. The van der Waals surface area contributed by atoms with Crippen LogP contribution in [0.25, 0.3) is 0 Å². The molecule has 3 aromatic carbocycles. The standard InChI is InChI=1S/C25H26BrN3O3S/c1-17-8-11-23(12-9-17)33(31,32)29(24-13-10-18(2)14-19(24)3)16-25(30)28-27-20(4)21-6-5-7-22(26)15-21/h5-15H,16H2,1-4H3,(H,28,30)/b27-20-. The highest BCUT2D eigenvalue weighted by Gasteiger charge is 2.28. The van der Waals surface area contributed by atoms with Crippen LogP contribution in [0.1, 0.15) is 29.2 Å². The number of benzene rings is 3. The number of rotatable bonds is 7. The molecule has 1 amide bonds. The summed E-state index contributed by atoms with van der Waals surface area (Å²) in [7, 11) is -3.98. The molecule has 8 heteroatoms. The molecule has 0 radical (unpaired) electrons. The summed E-state index contributed by atoms with van der Waals surface area (Å²) in [5.41, 5.74) is 7.08. The van der Waals surface area contributed by atoms with Crippen molar-refractivity contribution in [2.45, 2.75) is 32.6 Å². The summed E-state index contributed by atoms with van der Waals surface area (Å²) >= 11 is 3.41. The van der Waals surface area contributed by atoms with Crippen molar-refractivity contribution in [1.29, 1.82) is 0 Å². The van der Waals surface area contributed by atoms with E-state index in [1.54, 1.807) is 37.3 Å². The monoisotopic (exact) mass is 527 g/mol. The number of halogens is 1. The molecule has 0 aromatic heterocycles. The van der Waals surface area contributed by atoms with Crippen LogP contribution in [-0.2, 0) is 14.8 Å². The van der Waals surface area contributed by atoms with E-state index in [2.05, 4.69) is 26.5 Å². The molecule has 0 atom stereocenters. The van der Waals surface area contributed by atoms with Crippen LogP contribution in [0, 0.1) is 20.8 Å². The van der Waals surface area contributed by atoms with E-state index in [1.165, 1.54) is 0 Å². The molecule has 33 heavy (non-hydrogen) atoms. The van der Waals surface area contributed by atoms with Gasteiger partial charge in [0.15, 0.2) is 0 Å². The second-order valence-corrected chi connectivity index (χ2v) is 10.6. The molecule has 0 saturated heterocycles. The van der Waals surface area contributed by atoms with Crippen molar-refractivity contribution in [1.82, 2.24) is 5.43 Å². The number of hydrazone groups is 1. The zero-order valence-electron chi connectivity index (χ0n) is 19.0. The molecule has 172 valence electrons. The van der Waals surface area contributed by atoms with E-state index in [0.717, 1.165) is 31.0 Å². The van der Waals surface area contributed by atoms with Gasteiger partial charge in [0.1, 0.15) is 6.54 Å². The highest BCUT2D eigenvalue weighted by molar-refractivity contribution is 9.10. The summed E-state index contributed by atoms with van der Waals surface area (Å²) in [4.78, 5) is 12.9. The van der Waals surface area contributed by atoms with E-state index in [0.29, 0.717) is 11.4 Å². The van der Waals surface area contributed by atoms with E-state index < -0.39 is 22.5 Å². The fraction of sp³-hybridized carbons (Fsp3) is 0.200. The highest BCUT2D eigenvalue weighted by atomic mass is 79.9. The van der Waals surface area contributed by atoms with Crippen molar-refractivity contribution in [2.75, 3.05) is 10.8 Å². The Labute approximate surface area is 203 Å². The van der Waals surface area contributed by atoms with Gasteiger partial charge in [-0.3, -0.25) is 9.10 Å². The number of nitrogens with one attached hydrogen (secondary N) is 1. The predicted molar refractivity (Wildman–Crippen MR) is 136 cm³/mol. The summed E-state index contributed by atoms with van der Waals surface area (Å²) in [5, 5.41) is 4.16. The van der Waals surface area contributed by atoms with Crippen molar-refractivity contribution in [3.05, 3.63) is 93.5 Å². The molecule has 0 saturated carbocycles. The van der Waals surface area contributed by atoms with Gasteiger partial charge in [-0.2, -0.15) is 5.10 Å². The third-order valence-corrected chi connectivity index (χ3v) is 7.38. The molecule has 0 aliphatic carbocycles.